The van der Waals surface area contributed by atoms with E-state index in [9.17, 15) is 14.4 Å². The Bertz CT molecular complexity index is 768. The van der Waals surface area contributed by atoms with Gasteiger partial charge < -0.3 is 14.2 Å². The summed E-state index contributed by atoms with van der Waals surface area (Å²) in [6, 6.07) is 0. The quantitative estimate of drug-likeness (QED) is 0.0353. The fourth-order valence-corrected chi connectivity index (χ4v) is 6.85. The number of esters is 3. The van der Waals surface area contributed by atoms with E-state index in [-0.39, 0.29) is 31.1 Å². The molecule has 6 nitrogen and oxygen atoms in total. The van der Waals surface area contributed by atoms with Crippen LogP contribution in [0.5, 0.6) is 0 Å². The molecule has 0 bridgehead atoms. The molecule has 0 aromatic rings. The zero-order chi connectivity index (χ0) is 38.0. The lowest BCUT2D eigenvalue weighted by Gasteiger charge is -2.18. The summed E-state index contributed by atoms with van der Waals surface area (Å²) in [7, 11) is 0. The van der Waals surface area contributed by atoms with Crippen LogP contribution >= 0.6 is 0 Å². The maximum Gasteiger partial charge on any atom is 0.306 e. The maximum atomic E-state index is 12.6. The van der Waals surface area contributed by atoms with Gasteiger partial charge in [-0.3, -0.25) is 14.4 Å². The summed E-state index contributed by atoms with van der Waals surface area (Å²) in [6.45, 7) is 6.57. The molecule has 0 saturated carbocycles. The largest absolute Gasteiger partial charge is 0.462 e. The smallest absolute Gasteiger partial charge is 0.306 e. The zero-order valence-corrected chi connectivity index (χ0v) is 35.1. The van der Waals surface area contributed by atoms with Crippen LogP contribution in [-0.4, -0.2) is 37.2 Å². The lowest BCUT2D eigenvalue weighted by atomic mass is 10.0. The minimum atomic E-state index is -0.756. The fraction of sp³-hybridized carbons (Fsp3) is 0.935. The Hall–Kier alpha value is -1.59. The van der Waals surface area contributed by atoms with Crippen LogP contribution in [0.2, 0.25) is 0 Å². The zero-order valence-electron chi connectivity index (χ0n) is 35.1. The molecular formula is C46H88O6. The van der Waals surface area contributed by atoms with E-state index < -0.39 is 6.10 Å². The van der Waals surface area contributed by atoms with E-state index in [0.717, 1.165) is 64.2 Å². The summed E-state index contributed by atoms with van der Waals surface area (Å²) in [5, 5.41) is 0. The Labute approximate surface area is 323 Å². The van der Waals surface area contributed by atoms with Crippen LogP contribution in [0, 0.1) is 0 Å². The van der Waals surface area contributed by atoms with Gasteiger partial charge in [0, 0.05) is 19.3 Å². The first-order valence-corrected chi connectivity index (χ1v) is 23.0. The summed E-state index contributed by atoms with van der Waals surface area (Å²) < 4.78 is 16.6. The van der Waals surface area contributed by atoms with Crippen molar-refractivity contribution >= 4 is 17.9 Å². The molecule has 0 heterocycles. The Morgan fingerprint density at radius 1 is 0.308 bits per heavy atom. The number of ether oxygens (including phenoxy) is 3. The summed E-state index contributed by atoms with van der Waals surface area (Å²) in [5.74, 6) is -0.866. The predicted molar refractivity (Wildman–Crippen MR) is 220 cm³/mol. The van der Waals surface area contributed by atoms with E-state index in [1.165, 1.54) is 154 Å². The SMILES string of the molecule is CCCCCCCCCCCCCCCCCCCCC(=O)OC[C@@H](COC(=O)CCCCCCC)OC(=O)CCCCCCCCCCCCC. The normalized spacial score (nSPS) is 11.8. The third kappa shape index (κ3) is 39.6. The molecule has 52 heavy (non-hydrogen) atoms. The highest BCUT2D eigenvalue weighted by Gasteiger charge is 2.19. The van der Waals surface area contributed by atoms with Gasteiger partial charge in [0.25, 0.3) is 0 Å². The first-order valence-electron chi connectivity index (χ1n) is 23.0. The maximum absolute atomic E-state index is 12.6. The lowest BCUT2D eigenvalue weighted by Crippen LogP contribution is -2.30. The van der Waals surface area contributed by atoms with E-state index in [1.54, 1.807) is 0 Å². The van der Waals surface area contributed by atoms with Gasteiger partial charge in [-0.05, 0) is 19.3 Å². The molecule has 0 N–H and O–H groups in total. The molecule has 0 aliphatic carbocycles. The van der Waals surface area contributed by atoms with Gasteiger partial charge >= 0.3 is 17.9 Å². The van der Waals surface area contributed by atoms with E-state index >= 15 is 0 Å². The molecule has 0 radical (unpaired) electrons. The van der Waals surface area contributed by atoms with Crippen LogP contribution in [0.1, 0.15) is 258 Å². The van der Waals surface area contributed by atoms with Crippen LogP contribution in [0.4, 0.5) is 0 Å². The predicted octanol–water partition coefficient (Wildman–Crippen LogP) is 14.5. The molecular weight excluding hydrogens is 648 g/mol. The Kier molecular flexibility index (Phi) is 40.9. The van der Waals surface area contributed by atoms with Crippen molar-refractivity contribution in [3.63, 3.8) is 0 Å². The monoisotopic (exact) mass is 737 g/mol. The van der Waals surface area contributed by atoms with Crippen LogP contribution in [0.3, 0.4) is 0 Å². The van der Waals surface area contributed by atoms with Gasteiger partial charge in [0.15, 0.2) is 6.10 Å². The fourth-order valence-electron chi connectivity index (χ4n) is 6.85. The van der Waals surface area contributed by atoms with Crippen molar-refractivity contribution in [2.75, 3.05) is 13.2 Å². The summed E-state index contributed by atoms with van der Waals surface area (Å²) in [5.41, 5.74) is 0. The van der Waals surface area contributed by atoms with Crippen molar-refractivity contribution in [1.82, 2.24) is 0 Å². The van der Waals surface area contributed by atoms with Crippen LogP contribution in [0.25, 0.3) is 0 Å². The highest BCUT2D eigenvalue weighted by Crippen LogP contribution is 2.16. The average molecular weight is 737 g/mol. The number of carbonyl (C=O) groups is 3. The standard InChI is InChI=1S/C46H88O6/c1-4-7-10-13-15-17-19-20-21-22-23-24-25-27-28-30-33-36-39-45(48)51-42-43(41-50-44(47)38-35-32-12-9-6-3)52-46(49)40-37-34-31-29-26-18-16-14-11-8-5-2/h43H,4-42H2,1-3H3/t43-/m1/s1. The van der Waals surface area contributed by atoms with Gasteiger partial charge in [-0.15, -0.1) is 0 Å². The van der Waals surface area contributed by atoms with E-state index in [4.69, 9.17) is 14.2 Å². The minimum absolute atomic E-state index is 0.0638. The second kappa shape index (κ2) is 42.2. The Balaban J connectivity index is 4.11. The van der Waals surface area contributed by atoms with Crippen LogP contribution in [-0.2, 0) is 28.6 Å². The number of hydrogen-bond acceptors (Lipinski definition) is 6. The molecule has 0 spiro atoms. The van der Waals surface area contributed by atoms with Gasteiger partial charge in [-0.1, -0.05) is 220 Å². The third-order valence-electron chi connectivity index (χ3n) is 10.4. The molecule has 0 unspecified atom stereocenters. The molecule has 6 heteroatoms. The topological polar surface area (TPSA) is 78.9 Å². The summed E-state index contributed by atoms with van der Waals surface area (Å²) in [4.78, 5) is 37.4. The van der Waals surface area contributed by atoms with E-state index in [0.29, 0.717) is 19.3 Å². The highest BCUT2D eigenvalue weighted by molar-refractivity contribution is 5.71. The Morgan fingerprint density at radius 3 is 0.769 bits per heavy atom. The van der Waals surface area contributed by atoms with Crippen molar-refractivity contribution in [3.8, 4) is 0 Å². The van der Waals surface area contributed by atoms with Crippen LogP contribution < -0.4 is 0 Å². The third-order valence-corrected chi connectivity index (χ3v) is 10.4. The van der Waals surface area contributed by atoms with Crippen molar-refractivity contribution in [2.24, 2.45) is 0 Å². The van der Waals surface area contributed by atoms with Crippen molar-refractivity contribution in [1.29, 1.82) is 0 Å². The van der Waals surface area contributed by atoms with E-state index in [1.807, 2.05) is 0 Å². The van der Waals surface area contributed by atoms with Gasteiger partial charge in [-0.2, -0.15) is 0 Å². The molecule has 0 aromatic heterocycles. The van der Waals surface area contributed by atoms with Crippen molar-refractivity contribution < 1.29 is 28.6 Å². The molecule has 0 saturated heterocycles. The molecule has 0 aromatic carbocycles. The summed E-state index contributed by atoms with van der Waals surface area (Å²) in [6.07, 6.45) is 42.6. The number of carbonyl (C=O) groups excluding carboxylic acids is 3. The lowest BCUT2D eigenvalue weighted by molar-refractivity contribution is -0.167. The molecule has 308 valence electrons. The summed E-state index contributed by atoms with van der Waals surface area (Å²) >= 11 is 0. The molecule has 0 aliphatic heterocycles. The minimum Gasteiger partial charge on any atom is -0.462 e. The Morgan fingerprint density at radius 2 is 0.519 bits per heavy atom. The molecule has 0 rings (SSSR count). The molecule has 1 atom stereocenters. The average Bonchev–Trinajstić information content (AvgIpc) is 3.14. The number of rotatable bonds is 42. The first kappa shape index (κ1) is 50.4. The van der Waals surface area contributed by atoms with Crippen LogP contribution in [0.15, 0.2) is 0 Å². The van der Waals surface area contributed by atoms with Gasteiger partial charge in [0.05, 0.1) is 0 Å². The van der Waals surface area contributed by atoms with Crippen molar-refractivity contribution in [3.05, 3.63) is 0 Å². The van der Waals surface area contributed by atoms with Gasteiger partial charge in [0.1, 0.15) is 13.2 Å². The second-order valence-electron chi connectivity index (χ2n) is 15.7. The second-order valence-corrected chi connectivity index (χ2v) is 15.7. The van der Waals surface area contributed by atoms with Crippen molar-refractivity contribution in [2.45, 2.75) is 264 Å². The van der Waals surface area contributed by atoms with Gasteiger partial charge in [0.2, 0.25) is 0 Å². The molecule has 0 aliphatic rings. The highest BCUT2D eigenvalue weighted by atomic mass is 16.6. The first-order chi connectivity index (χ1) is 25.5. The van der Waals surface area contributed by atoms with E-state index in [2.05, 4.69) is 20.8 Å². The number of unbranched alkanes of at least 4 members (excludes halogenated alkanes) is 31. The molecule has 0 fully saturated rings. The molecule has 0 amide bonds. The number of hydrogen-bond donors (Lipinski definition) is 0. The van der Waals surface area contributed by atoms with Gasteiger partial charge in [-0.25, -0.2) is 0 Å².